The van der Waals surface area contributed by atoms with E-state index in [0.717, 1.165) is 84.1 Å². The third-order valence-electron chi connectivity index (χ3n) is 11.8. The van der Waals surface area contributed by atoms with Crippen LogP contribution in [-0.4, -0.2) is 15.6 Å². The number of benzene rings is 8. The maximum absolute atomic E-state index is 6.77. The van der Waals surface area contributed by atoms with Crippen molar-refractivity contribution in [3.63, 3.8) is 0 Å². The molecule has 0 spiro atoms. The van der Waals surface area contributed by atoms with Gasteiger partial charge in [-0.3, -0.25) is 4.57 Å². The van der Waals surface area contributed by atoms with Gasteiger partial charge < -0.3 is 4.74 Å². The number of aromatic nitrogens is 2. The number of rotatable bonds is 7. The summed E-state index contributed by atoms with van der Waals surface area (Å²) in [6, 6.07) is 72.3. The Hall–Kier alpha value is -7.85. The lowest BCUT2D eigenvalue weighted by atomic mass is 9.88. The smallest absolute Gasteiger partial charge is 0.457 e. The monoisotopic (exact) mass is 786 g/mol. The van der Waals surface area contributed by atoms with Crippen molar-refractivity contribution in [2.45, 2.75) is 26.2 Å². The molecule has 0 saturated carbocycles. The zero-order chi connectivity index (χ0) is 41.1. The molecule has 0 fully saturated rings. The minimum atomic E-state index is -0.0138. The molecule has 290 valence electrons. The fourth-order valence-electron chi connectivity index (χ4n) is 8.80. The van der Waals surface area contributed by atoms with Gasteiger partial charge in [-0.2, -0.15) is 0 Å². The van der Waals surface area contributed by atoms with E-state index < -0.39 is 0 Å². The lowest BCUT2D eigenvalue weighted by Gasteiger charge is -2.20. The average molecular weight is 787 g/mol. The van der Waals surface area contributed by atoms with Crippen molar-refractivity contribution in [3.05, 3.63) is 206 Å². The van der Waals surface area contributed by atoms with Gasteiger partial charge in [0.1, 0.15) is 17.3 Å². The molecular formula is C56H42N4O+2. The average Bonchev–Trinajstić information content (AvgIpc) is 3.85. The Balaban J connectivity index is 1.07. The van der Waals surface area contributed by atoms with Gasteiger partial charge in [0.15, 0.2) is 0 Å². The van der Waals surface area contributed by atoms with Crippen LogP contribution >= 0.6 is 0 Å². The number of para-hydroxylation sites is 2. The number of fused-ring (bicyclic) bond motifs is 6. The first-order valence-electron chi connectivity index (χ1n) is 20.8. The minimum Gasteiger partial charge on any atom is -0.457 e. The molecule has 3 heterocycles. The summed E-state index contributed by atoms with van der Waals surface area (Å²) in [5.41, 5.74) is 12.0. The quantitative estimate of drug-likeness (QED) is 0.151. The van der Waals surface area contributed by atoms with Crippen LogP contribution in [0, 0.1) is 0 Å². The summed E-state index contributed by atoms with van der Waals surface area (Å²) < 4.78 is 13.5. The highest BCUT2D eigenvalue weighted by Crippen LogP contribution is 2.47. The van der Waals surface area contributed by atoms with Crippen LogP contribution in [-0.2, 0) is 5.41 Å². The number of pyridine rings is 1. The second-order valence-electron chi connectivity index (χ2n) is 16.6. The van der Waals surface area contributed by atoms with E-state index in [1.165, 1.54) is 16.3 Å². The summed E-state index contributed by atoms with van der Waals surface area (Å²) >= 11 is 0. The predicted molar refractivity (Wildman–Crippen MR) is 253 cm³/mol. The molecule has 1 aliphatic rings. The molecule has 0 saturated heterocycles. The molecule has 10 aromatic rings. The van der Waals surface area contributed by atoms with Gasteiger partial charge in [0.2, 0.25) is 11.4 Å². The molecule has 5 nitrogen and oxygen atoms in total. The molecule has 0 N–H and O–H groups in total. The van der Waals surface area contributed by atoms with E-state index in [2.05, 4.69) is 229 Å². The summed E-state index contributed by atoms with van der Waals surface area (Å²) in [4.78, 5) is 4.88. The maximum atomic E-state index is 6.77. The van der Waals surface area contributed by atoms with Crippen LogP contribution in [0.4, 0.5) is 22.7 Å². The highest BCUT2D eigenvalue weighted by molar-refractivity contribution is 6.10. The van der Waals surface area contributed by atoms with E-state index in [9.17, 15) is 0 Å². The van der Waals surface area contributed by atoms with Crippen LogP contribution in [0.15, 0.2) is 200 Å². The van der Waals surface area contributed by atoms with Gasteiger partial charge in [-0.05, 0) is 97.3 Å². The third kappa shape index (κ3) is 6.31. The van der Waals surface area contributed by atoms with Crippen LogP contribution < -0.4 is 13.9 Å². The normalized spacial score (nSPS) is 12.4. The topological polar surface area (TPSA) is 33.1 Å². The molecule has 0 amide bonds. The van der Waals surface area contributed by atoms with Crippen LogP contribution in [0.3, 0.4) is 0 Å². The van der Waals surface area contributed by atoms with E-state index in [4.69, 9.17) is 9.72 Å². The lowest BCUT2D eigenvalue weighted by Crippen LogP contribution is -2.12. The maximum Gasteiger partial charge on any atom is 0.503 e. The van der Waals surface area contributed by atoms with E-state index in [1.54, 1.807) is 0 Å². The molecule has 0 aliphatic carbocycles. The van der Waals surface area contributed by atoms with Gasteiger partial charge in [0.05, 0.1) is 33.6 Å². The second-order valence-corrected chi connectivity index (χ2v) is 16.6. The van der Waals surface area contributed by atoms with Crippen molar-refractivity contribution < 1.29 is 4.74 Å². The lowest BCUT2D eigenvalue weighted by molar-refractivity contribution is 0.483. The number of hydrogen-bond donors (Lipinski definition) is 0. The van der Waals surface area contributed by atoms with Gasteiger partial charge >= 0.3 is 11.7 Å². The molecule has 61 heavy (non-hydrogen) atoms. The molecule has 1 aliphatic heterocycles. The standard InChI is InChI=1S/C56H42N4O/c1-56(2,3)41-32-33-57-53(34-41)60-50-27-13-12-24-48(50)49-30-29-44(36-52(49)60)61-43-22-14-21-42(35-43)58-37-59(55-47-23-11-10-20-40(47)28-31-51(55)58)54-45(38-16-6-4-7-17-38)25-15-26-46(54)39-18-8-5-9-19-39/h4-36H,1-3H3/q+2. The summed E-state index contributed by atoms with van der Waals surface area (Å²) in [5.74, 6) is 2.36. The van der Waals surface area contributed by atoms with Crippen molar-refractivity contribution >= 4 is 61.3 Å². The molecule has 0 unspecified atom stereocenters. The first kappa shape index (κ1) is 36.2. The molecule has 0 radical (unpaired) electrons. The Bertz CT molecular complexity index is 3350. The molecule has 0 atom stereocenters. The number of ether oxygens (including phenoxy) is 1. The van der Waals surface area contributed by atoms with E-state index >= 15 is 0 Å². The van der Waals surface area contributed by atoms with Crippen molar-refractivity contribution in [1.29, 1.82) is 0 Å². The van der Waals surface area contributed by atoms with E-state index in [1.807, 2.05) is 12.3 Å². The summed E-state index contributed by atoms with van der Waals surface area (Å²) in [5, 5.41) is 4.64. The fourth-order valence-corrected chi connectivity index (χ4v) is 8.80. The SMILES string of the molecule is CC(C)(C)c1ccnc(-n2c3ccccc3c3ccc(Oc4cccc([N+]5=C=[N+](c6c(-c7ccccc7)cccc6-c6ccccc6)c6c5ccc5ccccc65)c4)cc32)c1. The van der Waals surface area contributed by atoms with Gasteiger partial charge in [0.25, 0.3) is 5.69 Å². The Labute approximate surface area is 355 Å². The van der Waals surface area contributed by atoms with E-state index in [-0.39, 0.29) is 5.41 Å². The van der Waals surface area contributed by atoms with Crippen LogP contribution in [0.5, 0.6) is 11.5 Å². The van der Waals surface area contributed by atoms with Crippen molar-refractivity contribution in [2.75, 3.05) is 0 Å². The van der Waals surface area contributed by atoms with Gasteiger partial charge in [-0.15, -0.1) is 0 Å². The van der Waals surface area contributed by atoms with Gasteiger partial charge in [0, 0.05) is 35.2 Å². The summed E-state index contributed by atoms with van der Waals surface area (Å²) in [7, 11) is 0. The number of hydrogen-bond acceptors (Lipinski definition) is 2. The molecule has 11 rings (SSSR count). The zero-order valence-corrected chi connectivity index (χ0v) is 34.2. The molecule has 8 aromatic carbocycles. The number of nitrogens with zero attached hydrogens (tertiary/aromatic N) is 4. The van der Waals surface area contributed by atoms with Crippen LogP contribution in [0.1, 0.15) is 26.3 Å². The highest BCUT2D eigenvalue weighted by Gasteiger charge is 2.41. The third-order valence-corrected chi connectivity index (χ3v) is 11.8. The Morgan fingerprint density at radius 1 is 0.508 bits per heavy atom. The molecular weight excluding hydrogens is 745 g/mol. The zero-order valence-electron chi connectivity index (χ0n) is 34.2. The minimum absolute atomic E-state index is 0.0138. The highest BCUT2D eigenvalue weighted by atomic mass is 16.5. The van der Waals surface area contributed by atoms with Crippen LogP contribution in [0.2, 0.25) is 0 Å². The largest absolute Gasteiger partial charge is 0.503 e. The summed E-state index contributed by atoms with van der Waals surface area (Å²) in [6.07, 6.45) is 1.92. The Morgan fingerprint density at radius 3 is 1.92 bits per heavy atom. The van der Waals surface area contributed by atoms with Gasteiger partial charge in [-0.25, -0.2) is 4.98 Å². The Morgan fingerprint density at radius 2 is 1.16 bits per heavy atom. The van der Waals surface area contributed by atoms with Crippen LogP contribution in [0.25, 0.3) is 60.6 Å². The van der Waals surface area contributed by atoms with E-state index in [0.29, 0.717) is 0 Å². The Kier molecular flexibility index (Phi) is 8.59. The predicted octanol–water partition coefficient (Wildman–Crippen LogP) is 14.6. The van der Waals surface area contributed by atoms with Crippen molar-refractivity contribution in [2.24, 2.45) is 0 Å². The molecule has 2 aromatic heterocycles. The summed E-state index contributed by atoms with van der Waals surface area (Å²) in [6.45, 7) is 6.71. The second kappa shape index (κ2) is 14.5. The fraction of sp³-hybridized carbons (Fsp3) is 0.0714. The van der Waals surface area contributed by atoms with Gasteiger partial charge in [-0.1, -0.05) is 130 Å². The van der Waals surface area contributed by atoms with Crippen molar-refractivity contribution in [1.82, 2.24) is 18.7 Å². The first-order valence-corrected chi connectivity index (χ1v) is 20.8. The molecule has 5 heteroatoms. The molecule has 0 bridgehead atoms. The van der Waals surface area contributed by atoms with Crippen molar-refractivity contribution in [3.8, 4) is 39.6 Å². The first-order chi connectivity index (χ1) is 29.9.